The van der Waals surface area contributed by atoms with Crippen LogP contribution in [0.3, 0.4) is 0 Å². The molecule has 6 aliphatic rings. The van der Waals surface area contributed by atoms with Gasteiger partial charge in [0.15, 0.2) is 0 Å². The van der Waals surface area contributed by atoms with E-state index in [0.29, 0.717) is 72.7 Å². The summed E-state index contributed by atoms with van der Waals surface area (Å²) in [6.07, 6.45) is 14.4. The fourth-order valence-corrected chi connectivity index (χ4v) is 23.7. The molecule has 0 saturated heterocycles. The molecule has 10 aromatic rings. The number of thiophene rings is 4. The van der Waals surface area contributed by atoms with E-state index in [-0.39, 0.29) is 174 Å². The lowest BCUT2D eigenvalue weighted by molar-refractivity contribution is 0.0561. The van der Waals surface area contributed by atoms with Gasteiger partial charge in [0.05, 0.1) is 44.5 Å². The molecule has 6 aromatic carbocycles. The average molecular weight is 1610 g/mol. The first-order chi connectivity index (χ1) is 54.9. The van der Waals surface area contributed by atoms with Crippen LogP contribution in [0.25, 0.3) is 92.2 Å². The Labute approximate surface area is 679 Å². The van der Waals surface area contributed by atoms with Gasteiger partial charge in [-0.1, -0.05) is 160 Å². The summed E-state index contributed by atoms with van der Waals surface area (Å²) in [7, 11) is 0. The van der Waals surface area contributed by atoms with Crippen molar-refractivity contribution in [2.24, 2.45) is 35.5 Å². The number of unbranched alkanes of at least 4 members (excludes halogenated alkanes) is 4. The second-order valence-electron chi connectivity index (χ2n) is 33.4. The molecule has 4 aromatic heterocycles. The lowest BCUT2D eigenvalue weighted by Gasteiger charge is -2.34. The minimum absolute atomic E-state index is 0.0108. The van der Waals surface area contributed by atoms with E-state index >= 15 is 57.5 Å². The number of carbonyl (C=O) groups excluding carboxylic acids is 12. The Balaban J connectivity index is 0.945. The molecule has 10 heterocycles. The van der Waals surface area contributed by atoms with E-state index in [2.05, 4.69) is 55.4 Å². The summed E-state index contributed by atoms with van der Waals surface area (Å²) >= 11 is 4.99. The van der Waals surface area contributed by atoms with Crippen molar-refractivity contribution in [1.29, 1.82) is 0 Å². The topological polar surface area (TPSA) is 224 Å². The minimum Gasteiger partial charge on any atom is -0.274 e. The molecule has 22 heteroatoms. The molecule has 0 N–H and O–H groups in total. The molecule has 4 atom stereocenters. The zero-order valence-corrected chi connectivity index (χ0v) is 70.5. The van der Waals surface area contributed by atoms with Crippen LogP contribution in [0.5, 0.6) is 0 Å². The van der Waals surface area contributed by atoms with Gasteiger partial charge < -0.3 is 0 Å². The van der Waals surface area contributed by atoms with Crippen molar-refractivity contribution in [1.82, 2.24) is 29.4 Å². The molecule has 18 nitrogen and oxygen atoms in total. The predicted octanol–water partition coefficient (Wildman–Crippen LogP) is 21.9. The molecule has 0 saturated carbocycles. The lowest BCUT2D eigenvalue weighted by Crippen LogP contribution is -2.45. The van der Waals surface area contributed by atoms with Crippen LogP contribution in [0, 0.1) is 35.5 Å². The molecule has 114 heavy (non-hydrogen) atoms. The number of hydrogen-bond donors (Lipinski definition) is 0. The molecule has 0 fully saturated rings. The van der Waals surface area contributed by atoms with Gasteiger partial charge in [0.2, 0.25) is 0 Å². The van der Waals surface area contributed by atoms with Crippen molar-refractivity contribution in [3.8, 4) is 19.5 Å². The fraction of sp³-hybridized carbons (Fsp3) is 0.457. The summed E-state index contributed by atoms with van der Waals surface area (Å²) in [6, 6.07) is 14.0. The maximum absolute atomic E-state index is 16.2. The minimum atomic E-state index is -0.604. The largest absolute Gasteiger partial charge is 0.274 e. The maximum atomic E-state index is 16.2. The van der Waals surface area contributed by atoms with Crippen molar-refractivity contribution >= 4 is 189 Å². The van der Waals surface area contributed by atoms with Gasteiger partial charge in [-0.2, -0.15) is 0 Å². The van der Waals surface area contributed by atoms with E-state index in [4.69, 9.17) is 0 Å². The van der Waals surface area contributed by atoms with Gasteiger partial charge in [0, 0.05) is 154 Å². The van der Waals surface area contributed by atoms with Gasteiger partial charge in [-0.25, -0.2) is 0 Å². The number of hydrogen-bond acceptors (Lipinski definition) is 16. The van der Waals surface area contributed by atoms with Crippen LogP contribution < -0.4 is 0 Å². The standard InChI is InChI=1S/C92H98N6O12S4/c1-13-21-25-47(17-5)41-95-81(99)51-29-31-53-65-63(51)67(87(95)105)55-37-59(111-77(55)73(65)91(109)97(83(53)101)43-49(19-7)27-23-15-3)61-39-57-69-71-72-70(86(104)94(36-34-46(11)12)89(107)75(72)79(57)113-61)58-40-62(114-80(58)76(71)90(108)93(85(69)103)35-33-45(9)10)60-38-56-68-64-52(82(100)96(88(68)106)42-48(18-6)26-22-14-2)30-32-54-66(64)74(78(56)112-60)92(110)98(84(54)102)44-50(20-8)28-24-16-4/h29-32,37-40,45-50H,13-28,33-36,41-44H2,1-12H3. The second-order valence-corrected chi connectivity index (χ2v) is 37.6. The first-order valence-corrected chi connectivity index (χ1v) is 45.0. The molecular weight excluding hydrogens is 1510 g/mol. The normalized spacial score (nSPS) is 16.7. The SMILES string of the molecule is CCCCC(CC)CN1C(=O)c2ccc3c4c(c5sc(-c6cc7c8c9c(c%10sc(-c%11cc%12c%13c%14c(ccc%15c%14c(c%12s%11)C(=O)N(CC(CC)CCCC)C%15=O)C(=O)N(CC(CC)CCCC)C%13=O)cc%10c%10c9c(c7s6)C(=O)N(CCC(C)C)C%10=O)C(=O)N(CCC(C)C)C8=O)cc5c(c24)C1=O)C(=O)N(CC(CC)CCCC)C3=O. The van der Waals surface area contributed by atoms with Gasteiger partial charge >= 0.3 is 0 Å². The molecule has 592 valence electrons. The molecule has 6 aliphatic heterocycles. The van der Waals surface area contributed by atoms with Crippen LogP contribution in [0.15, 0.2) is 48.5 Å². The van der Waals surface area contributed by atoms with Crippen LogP contribution in [-0.2, 0) is 0 Å². The van der Waals surface area contributed by atoms with Gasteiger partial charge in [-0.05, 0) is 123 Å². The van der Waals surface area contributed by atoms with Crippen molar-refractivity contribution < 1.29 is 57.5 Å². The van der Waals surface area contributed by atoms with E-state index in [1.807, 2.05) is 52.0 Å². The number of rotatable bonds is 32. The van der Waals surface area contributed by atoms with Crippen molar-refractivity contribution in [2.75, 3.05) is 39.3 Å². The fourth-order valence-electron chi connectivity index (χ4n) is 18.7. The van der Waals surface area contributed by atoms with E-state index in [1.54, 1.807) is 24.3 Å². The Hall–Kier alpha value is -9.22. The summed E-state index contributed by atoms with van der Waals surface area (Å²) in [5, 5.41) is 3.00. The zero-order chi connectivity index (χ0) is 80.6. The highest BCUT2D eigenvalue weighted by atomic mass is 32.1. The third kappa shape index (κ3) is 12.3. The Morgan fingerprint density at radius 2 is 0.474 bits per heavy atom. The Bertz CT molecular complexity index is 5220. The highest BCUT2D eigenvalue weighted by Crippen LogP contribution is 2.57. The lowest BCUT2D eigenvalue weighted by atomic mass is 9.82. The smallest absolute Gasteiger partial charge is 0.262 e. The number of carbonyl (C=O) groups is 12. The molecular formula is C92H98N6O12S4. The second kappa shape index (κ2) is 30.8. The molecule has 16 rings (SSSR count). The Morgan fingerprint density at radius 3 is 0.711 bits per heavy atom. The van der Waals surface area contributed by atoms with Gasteiger partial charge in [-0.15, -0.1) is 45.3 Å². The molecule has 0 radical (unpaired) electrons. The first kappa shape index (κ1) is 78.7. The highest BCUT2D eigenvalue weighted by Gasteiger charge is 2.49. The number of nitrogens with zero attached hydrogens (tertiary/aromatic N) is 6. The van der Waals surface area contributed by atoms with Gasteiger partial charge in [0.1, 0.15) is 0 Å². The van der Waals surface area contributed by atoms with Crippen LogP contribution in [0.2, 0.25) is 0 Å². The Kier molecular flexibility index (Phi) is 21.2. The number of fused-ring (bicyclic) bond motifs is 12. The van der Waals surface area contributed by atoms with E-state index in [0.717, 1.165) is 103 Å². The summed E-state index contributed by atoms with van der Waals surface area (Å²) in [5.41, 5.74) is 2.35. The van der Waals surface area contributed by atoms with Crippen molar-refractivity contribution in [3.63, 3.8) is 0 Å². The van der Waals surface area contributed by atoms with E-state index in [9.17, 15) is 0 Å². The third-order valence-corrected chi connectivity index (χ3v) is 30.4. The van der Waals surface area contributed by atoms with Crippen LogP contribution in [-0.4, -0.2) is 140 Å². The summed E-state index contributed by atoms with van der Waals surface area (Å²) < 4.78 is 1.67. The number of imide groups is 6. The number of amides is 12. The molecule has 0 spiro atoms. The molecule has 4 unspecified atom stereocenters. The van der Waals surface area contributed by atoms with E-state index in [1.165, 1.54) is 74.7 Å². The quantitative estimate of drug-likeness (QED) is 0.0359. The monoisotopic (exact) mass is 1610 g/mol. The first-order valence-electron chi connectivity index (χ1n) is 41.7. The summed E-state index contributed by atoms with van der Waals surface area (Å²) in [5.74, 6) is -6.31. The van der Waals surface area contributed by atoms with Crippen molar-refractivity contribution in [3.05, 3.63) is 115 Å². The van der Waals surface area contributed by atoms with Gasteiger partial charge in [0.25, 0.3) is 70.9 Å². The van der Waals surface area contributed by atoms with Crippen molar-refractivity contribution in [2.45, 2.75) is 199 Å². The summed E-state index contributed by atoms with van der Waals surface area (Å²) in [4.78, 5) is 198. The van der Waals surface area contributed by atoms with Crippen LogP contribution in [0.1, 0.15) is 323 Å². The van der Waals surface area contributed by atoms with Crippen LogP contribution >= 0.6 is 45.3 Å². The molecule has 0 aliphatic carbocycles. The predicted molar refractivity (Wildman–Crippen MR) is 456 cm³/mol. The van der Waals surface area contributed by atoms with Crippen LogP contribution in [0.4, 0.5) is 0 Å². The molecule has 0 bridgehead atoms. The molecule has 12 amide bonds. The Morgan fingerprint density at radius 1 is 0.263 bits per heavy atom. The maximum Gasteiger partial charge on any atom is 0.262 e. The van der Waals surface area contributed by atoms with Gasteiger partial charge in [-0.3, -0.25) is 86.9 Å². The zero-order valence-electron chi connectivity index (χ0n) is 67.3. The number of benzene rings is 6. The third-order valence-electron chi connectivity index (χ3n) is 25.4. The average Bonchev–Trinajstić information content (AvgIpc) is 1.40. The van der Waals surface area contributed by atoms with E-state index < -0.39 is 70.9 Å². The summed E-state index contributed by atoms with van der Waals surface area (Å²) in [6.45, 7) is 25.5. The highest BCUT2D eigenvalue weighted by molar-refractivity contribution is 7.30.